The minimum atomic E-state index is -1.39. The summed E-state index contributed by atoms with van der Waals surface area (Å²) in [6.07, 6.45) is 5.23. The summed E-state index contributed by atoms with van der Waals surface area (Å²) in [7, 11) is 3.85. The van der Waals surface area contributed by atoms with E-state index in [9.17, 15) is 14.4 Å². The van der Waals surface area contributed by atoms with Crippen LogP contribution >= 0.6 is 0 Å². The van der Waals surface area contributed by atoms with Gasteiger partial charge in [0.2, 0.25) is 0 Å². The quantitative estimate of drug-likeness (QED) is 0.431. The maximum atomic E-state index is 12.4. The van der Waals surface area contributed by atoms with Crippen LogP contribution in [-0.4, -0.2) is 39.2 Å². The molecule has 0 spiro atoms. The van der Waals surface area contributed by atoms with E-state index in [1.807, 2.05) is 6.08 Å². The molecule has 0 aromatic carbocycles. The molecule has 1 saturated carbocycles. The lowest BCUT2D eigenvalue weighted by atomic mass is 9.71. The smallest absolute Gasteiger partial charge is 0.323 e. The lowest BCUT2D eigenvalue weighted by Crippen LogP contribution is -2.43. The SMILES string of the molecule is COC(=O)C/C=C1\CC(C(=O)OC)(C(=O)OC)CC=C1C1CC1(C)C. The predicted octanol–water partition coefficient (Wildman–Crippen LogP) is 2.57. The van der Waals surface area contributed by atoms with Crippen molar-refractivity contribution in [1.29, 1.82) is 0 Å². The Balaban J connectivity index is 2.42. The first-order valence-corrected chi connectivity index (χ1v) is 8.35. The molecule has 6 heteroatoms. The van der Waals surface area contributed by atoms with Gasteiger partial charge in [-0.15, -0.1) is 0 Å². The molecule has 0 saturated heterocycles. The molecule has 2 aliphatic rings. The summed E-state index contributed by atoms with van der Waals surface area (Å²) < 4.78 is 14.4. The van der Waals surface area contributed by atoms with Crippen molar-refractivity contribution in [3.05, 3.63) is 23.3 Å². The molecule has 0 aliphatic heterocycles. The molecule has 138 valence electrons. The van der Waals surface area contributed by atoms with Crippen molar-refractivity contribution < 1.29 is 28.6 Å². The maximum absolute atomic E-state index is 12.4. The van der Waals surface area contributed by atoms with Gasteiger partial charge in [-0.05, 0) is 41.7 Å². The molecule has 1 unspecified atom stereocenters. The van der Waals surface area contributed by atoms with Crippen LogP contribution in [0, 0.1) is 16.7 Å². The third kappa shape index (κ3) is 3.62. The summed E-state index contributed by atoms with van der Waals surface area (Å²) in [5, 5.41) is 0. The van der Waals surface area contributed by atoms with Gasteiger partial charge in [0, 0.05) is 0 Å². The number of rotatable bonds is 5. The van der Waals surface area contributed by atoms with E-state index in [1.165, 1.54) is 21.3 Å². The van der Waals surface area contributed by atoms with Crippen molar-refractivity contribution in [2.24, 2.45) is 16.7 Å². The third-order valence-electron chi connectivity index (χ3n) is 5.32. The first-order chi connectivity index (χ1) is 11.7. The van der Waals surface area contributed by atoms with Crippen LogP contribution in [0.25, 0.3) is 0 Å². The second-order valence-electron chi connectivity index (χ2n) is 7.36. The van der Waals surface area contributed by atoms with Gasteiger partial charge in [-0.25, -0.2) is 0 Å². The zero-order chi connectivity index (χ0) is 18.8. The van der Waals surface area contributed by atoms with Gasteiger partial charge in [0.05, 0.1) is 27.8 Å². The number of carbonyl (C=O) groups excluding carboxylic acids is 3. The van der Waals surface area contributed by atoms with Crippen LogP contribution in [0.5, 0.6) is 0 Å². The highest BCUT2D eigenvalue weighted by Gasteiger charge is 2.54. The molecule has 2 rings (SSSR count). The molecule has 1 fully saturated rings. The van der Waals surface area contributed by atoms with E-state index in [2.05, 4.69) is 13.8 Å². The summed E-state index contributed by atoms with van der Waals surface area (Å²) in [6, 6.07) is 0. The van der Waals surface area contributed by atoms with Crippen LogP contribution in [0.3, 0.4) is 0 Å². The highest BCUT2D eigenvalue weighted by molar-refractivity contribution is 6.01. The van der Waals surface area contributed by atoms with Crippen molar-refractivity contribution in [1.82, 2.24) is 0 Å². The molecular weight excluding hydrogens is 324 g/mol. The predicted molar refractivity (Wildman–Crippen MR) is 90.4 cm³/mol. The van der Waals surface area contributed by atoms with Crippen LogP contribution in [0.1, 0.15) is 39.5 Å². The molecule has 0 radical (unpaired) electrons. The Labute approximate surface area is 148 Å². The minimum Gasteiger partial charge on any atom is -0.469 e. The highest BCUT2D eigenvalue weighted by Crippen LogP contribution is 2.59. The zero-order valence-corrected chi connectivity index (χ0v) is 15.5. The minimum absolute atomic E-state index is 0.0920. The second-order valence-corrected chi connectivity index (χ2v) is 7.36. The van der Waals surface area contributed by atoms with Crippen LogP contribution in [0.2, 0.25) is 0 Å². The second kappa shape index (κ2) is 7.02. The van der Waals surface area contributed by atoms with E-state index in [0.717, 1.165) is 17.6 Å². The first-order valence-electron chi connectivity index (χ1n) is 8.35. The van der Waals surface area contributed by atoms with Crippen LogP contribution < -0.4 is 0 Å². The Morgan fingerprint density at radius 1 is 1.12 bits per heavy atom. The molecule has 0 aromatic rings. The summed E-state index contributed by atoms with van der Waals surface area (Å²) in [5.74, 6) is -1.23. The molecule has 0 bridgehead atoms. The third-order valence-corrected chi connectivity index (χ3v) is 5.32. The van der Waals surface area contributed by atoms with Crippen molar-refractivity contribution in [3.8, 4) is 0 Å². The standard InChI is InChI=1S/C19H26O6/c1-18(2)11-14(18)13-8-9-19(16(21)24-4,17(22)25-5)10-12(13)6-7-15(20)23-3/h6,8,14H,7,9-11H2,1-5H3/b12-6+. The summed E-state index contributed by atoms with van der Waals surface area (Å²) in [5.41, 5.74) is 0.723. The largest absolute Gasteiger partial charge is 0.469 e. The Morgan fingerprint density at radius 2 is 1.68 bits per heavy atom. The van der Waals surface area contributed by atoms with Gasteiger partial charge in [0.25, 0.3) is 0 Å². The molecule has 25 heavy (non-hydrogen) atoms. The number of ether oxygens (including phenoxy) is 3. The van der Waals surface area contributed by atoms with E-state index >= 15 is 0 Å². The summed E-state index contributed by atoms with van der Waals surface area (Å²) in [6.45, 7) is 4.36. The fourth-order valence-electron chi connectivity index (χ4n) is 3.54. The number of hydrogen-bond acceptors (Lipinski definition) is 6. The highest BCUT2D eigenvalue weighted by atomic mass is 16.5. The molecule has 0 aromatic heterocycles. The Kier molecular flexibility index (Phi) is 5.40. The van der Waals surface area contributed by atoms with Crippen molar-refractivity contribution in [2.45, 2.75) is 39.5 Å². The van der Waals surface area contributed by atoms with Gasteiger partial charge in [-0.1, -0.05) is 26.0 Å². The number of allylic oxidation sites excluding steroid dienone is 3. The van der Waals surface area contributed by atoms with Gasteiger partial charge < -0.3 is 14.2 Å². The van der Waals surface area contributed by atoms with Crippen molar-refractivity contribution >= 4 is 17.9 Å². The molecule has 0 amide bonds. The Bertz CT molecular complexity index is 624. The van der Waals surface area contributed by atoms with E-state index < -0.39 is 17.4 Å². The van der Waals surface area contributed by atoms with Crippen LogP contribution in [0.4, 0.5) is 0 Å². The molecule has 1 atom stereocenters. The number of carbonyl (C=O) groups is 3. The van der Waals surface area contributed by atoms with Crippen molar-refractivity contribution in [3.63, 3.8) is 0 Å². The number of hydrogen-bond donors (Lipinski definition) is 0. The molecule has 0 N–H and O–H groups in total. The van der Waals surface area contributed by atoms with Crippen LogP contribution in [-0.2, 0) is 28.6 Å². The fraction of sp³-hybridized carbons (Fsp3) is 0.632. The normalized spacial score (nSPS) is 24.9. The van der Waals surface area contributed by atoms with E-state index in [1.54, 1.807) is 6.08 Å². The van der Waals surface area contributed by atoms with E-state index in [-0.39, 0.29) is 30.6 Å². The lowest BCUT2D eigenvalue weighted by Gasteiger charge is -2.33. The van der Waals surface area contributed by atoms with E-state index in [0.29, 0.717) is 5.92 Å². The Morgan fingerprint density at radius 3 is 2.12 bits per heavy atom. The van der Waals surface area contributed by atoms with Crippen molar-refractivity contribution in [2.75, 3.05) is 21.3 Å². The summed E-state index contributed by atoms with van der Waals surface area (Å²) in [4.78, 5) is 36.3. The summed E-state index contributed by atoms with van der Waals surface area (Å²) >= 11 is 0. The zero-order valence-electron chi connectivity index (χ0n) is 15.5. The molecule has 2 aliphatic carbocycles. The topological polar surface area (TPSA) is 78.9 Å². The fourth-order valence-corrected chi connectivity index (χ4v) is 3.54. The van der Waals surface area contributed by atoms with Gasteiger partial charge in [-0.3, -0.25) is 14.4 Å². The van der Waals surface area contributed by atoms with Crippen LogP contribution in [0.15, 0.2) is 23.3 Å². The van der Waals surface area contributed by atoms with Gasteiger partial charge in [0.15, 0.2) is 5.41 Å². The average Bonchev–Trinajstić information content (AvgIpc) is 3.25. The molecule has 6 nitrogen and oxygen atoms in total. The average molecular weight is 350 g/mol. The van der Waals surface area contributed by atoms with Gasteiger partial charge in [-0.2, -0.15) is 0 Å². The number of methoxy groups -OCH3 is 3. The van der Waals surface area contributed by atoms with Gasteiger partial charge >= 0.3 is 17.9 Å². The lowest BCUT2D eigenvalue weighted by molar-refractivity contribution is -0.169. The van der Waals surface area contributed by atoms with Gasteiger partial charge in [0.1, 0.15) is 0 Å². The first kappa shape index (κ1) is 19.2. The Hall–Kier alpha value is -2.11. The number of esters is 3. The monoisotopic (exact) mass is 350 g/mol. The van der Waals surface area contributed by atoms with E-state index in [4.69, 9.17) is 14.2 Å². The molecular formula is C19H26O6. The molecule has 0 heterocycles. The maximum Gasteiger partial charge on any atom is 0.323 e.